The van der Waals surface area contributed by atoms with Gasteiger partial charge in [-0.15, -0.1) is 0 Å². The standard InChI is InChI=1S/C13H20O2/c1-4-10-15-12-9-7-6-8-11(12)13(3,14)5-2/h6-9,14H,4-5,10H2,1-3H3. The topological polar surface area (TPSA) is 29.5 Å². The van der Waals surface area contributed by atoms with Crippen molar-refractivity contribution in [1.29, 1.82) is 0 Å². The van der Waals surface area contributed by atoms with E-state index in [9.17, 15) is 5.11 Å². The third kappa shape index (κ3) is 2.96. The highest BCUT2D eigenvalue weighted by Gasteiger charge is 2.24. The summed E-state index contributed by atoms with van der Waals surface area (Å²) in [7, 11) is 0. The van der Waals surface area contributed by atoms with Crippen molar-refractivity contribution in [3.05, 3.63) is 29.8 Å². The van der Waals surface area contributed by atoms with E-state index in [1.807, 2.05) is 38.1 Å². The lowest BCUT2D eigenvalue weighted by molar-refractivity contribution is 0.0497. The Bertz CT molecular complexity index is 305. The number of hydrogen-bond donors (Lipinski definition) is 1. The van der Waals surface area contributed by atoms with Crippen molar-refractivity contribution in [1.82, 2.24) is 0 Å². The van der Waals surface area contributed by atoms with E-state index >= 15 is 0 Å². The molecule has 0 fully saturated rings. The molecule has 0 aliphatic rings. The van der Waals surface area contributed by atoms with Gasteiger partial charge in [-0.1, -0.05) is 32.0 Å². The summed E-state index contributed by atoms with van der Waals surface area (Å²) >= 11 is 0. The van der Waals surface area contributed by atoms with Crippen LogP contribution in [0.3, 0.4) is 0 Å². The first kappa shape index (κ1) is 12.1. The summed E-state index contributed by atoms with van der Waals surface area (Å²) in [5.41, 5.74) is 0.0746. The molecule has 0 saturated heterocycles. The minimum absolute atomic E-state index is 0.680. The van der Waals surface area contributed by atoms with Crippen LogP contribution < -0.4 is 4.74 Å². The second-order valence-electron chi connectivity index (χ2n) is 3.97. The summed E-state index contributed by atoms with van der Waals surface area (Å²) < 4.78 is 5.61. The Morgan fingerprint density at radius 2 is 1.93 bits per heavy atom. The molecule has 0 heterocycles. The lowest BCUT2D eigenvalue weighted by atomic mass is 9.92. The summed E-state index contributed by atoms with van der Waals surface area (Å²) in [5.74, 6) is 0.797. The van der Waals surface area contributed by atoms with Gasteiger partial charge in [0.25, 0.3) is 0 Å². The largest absolute Gasteiger partial charge is 0.493 e. The molecule has 0 spiro atoms. The minimum atomic E-state index is -0.801. The third-order valence-corrected chi connectivity index (χ3v) is 2.62. The highest BCUT2D eigenvalue weighted by molar-refractivity contribution is 5.37. The molecule has 0 radical (unpaired) electrons. The van der Waals surface area contributed by atoms with E-state index in [1.54, 1.807) is 0 Å². The van der Waals surface area contributed by atoms with Gasteiger partial charge in [-0.25, -0.2) is 0 Å². The van der Waals surface area contributed by atoms with Crippen LogP contribution in [0, 0.1) is 0 Å². The van der Waals surface area contributed by atoms with Crippen molar-refractivity contribution in [2.75, 3.05) is 6.61 Å². The van der Waals surface area contributed by atoms with Crippen LogP contribution in [0.5, 0.6) is 5.75 Å². The molecule has 1 unspecified atom stereocenters. The average Bonchev–Trinajstić information content (AvgIpc) is 2.26. The monoisotopic (exact) mass is 208 g/mol. The van der Waals surface area contributed by atoms with Gasteiger partial charge in [-0.2, -0.15) is 0 Å². The van der Waals surface area contributed by atoms with E-state index < -0.39 is 5.60 Å². The zero-order valence-electron chi connectivity index (χ0n) is 9.79. The van der Waals surface area contributed by atoms with E-state index in [4.69, 9.17) is 4.74 Å². The van der Waals surface area contributed by atoms with Crippen LogP contribution in [-0.2, 0) is 5.60 Å². The van der Waals surface area contributed by atoms with Crippen molar-refractivity contribution < 1.29 is 9.84 Å². The second-order valence-corrected chi connectivity index (χ2v) is 3.97. The van der Waals surface area contributed by atoms with Crippen molar-refractivity contribution in [3.8, 4) is 5.75 Å². The summed E-state index contributed by atoms with van der Waals surface area (Å²) in [6.07, 6.45) is 1.65. The molecule has 1 N–H and O–H groups in total. The fourth-order valence-electron chi connectivity index (χ4n) is 1.44. The van der Waals surface area contributed by atoms with Gasteiger partial charge in [0, 0.05) is 5.56 Å². The Labute approximate surface area is 91.9 Å². The Balaban J connectivity index is 2.95. The Morgan fingerprint density at radius 1 is 1.27 bits per heavy atom. The number of para-hydroxylation sites is 1. The van der Waals surface area contributed by atoms with Gasteiger partial charge in [-0.3, -0.25) is 0 Å². The van der Waals surface area contributed by atoms with Gasteiger partial charge in [-0.05, 0) is 25.8 Å². The molecule has 1 atom stereocenters. The maximum absolute atomic E-state index is 10.2. The van der Waals surface area contributed by atoms with E-state index in [2.05, 4.69) is 6.92 Å². The molecule has 0 saturated carbocycles. The van der Waals surface area contributed by atoms with Crippen molar-refractivity contribution in [3.63, 3.8) is 0 Å². The van der Waals surface area contributed by atoms with Crippen LogP contribution in [0.2, 0.25) is 0 Å². The van der Waals surface area contributed by atoms with Crippen LogP contribution in [-0.4, -0.2) is 11.7 Å². The van der Waals surface area contributed by atoms with Crippen LogP contribution in [0.15, 0.2) is 24.3 Å². The number of hydrogen-bond acceptors (Lipinski definition) is 2. The SMILES string of the molecule is CCCOc1ccccc1C(C)(O)CC. The van der Waals surface area contributed by atoms with Gasteiger partial charge >= 0.3 is 0 Å². The third-order valence-electron chi connectivity index (χ3n) is 2.62. The molecule has 0 aromatic heterocycles. The van der Waals surface area contributed by atoms with Crippen LogP contribution >= 0.6 is 0 Å². The van der Waals surface area contributed by atoms with E-state index in [0.29, 0.717) is 13.0 Å². The van der Waals surface area contributed by atoms with Gasteiger partial charge < -0.3 is 9.84 Å². The molecule has 0 amide bonds. The van der Waals surface area contributed by atoms with E-state index in [-0.39, 0.29) is 0 Å². The number of aliphatic hydroxyl groups is 1. The highest BCUT2D eigenvalue weighted by Crippen LogP contribution is 2.31. The second kappa shape index (κ2) is 5.17. The molecule has 2 heteroatoms. The fourth-order valence-corrected chi connectivity index (χ4v) is 1.44. The van der Waals surface area contributed by atoms with Gasteiger partial charge in [0.2, 0.25) is 0 Å². The van der Waals surface area contributed by atoms with Crippen LogP contribution in [0.1, 0.15) is 39.2 Å². The molecular weight excluding hydrogens is 188 g/mol. The number of rotatable bonds is 5. The molecule has 2 nitrogen and oxygen atoms in total. The zero-order valence-corrected chi connectivity index (χ0v) is 9.79. The maximum atomic E-state index is 10.2. The van der Waals surface area contributed by atoms with Gasteiger partial charge in [0.1, 0.15) is 5.75 Å². The molecule has 0 bridgehead atoms. The first-order chi connectivity index (χ1) is 7.11. The predicted octanol–water partition coefficient (Wildman–Crippen LogP) is 3.09. The van der Waals surface area contributed by atoms with Crippen LogP contribution in [0.25, 0.3) is 0 Å². The predicted molar refractivity (Wildman–Crippen MR) is 62.1 cm³/mol. The number of benzene rings is 1. The first-order valence-corrected chi connectivity index (χ1v) is 5.56. The van der Waals surface area contributed by atoms with Gasteiger partial charge in [0.15, 0.2) is 0 Å². The molecule has 0 aliphatic heterocycles. The number of ether oxygens (including phenoxy) is 1. The van der Waals surface area contributed by atoms with E-state index in [1.165, 1.54) is 0 Å². The summed E-state index contributed by atoms with van der Waals surface area (Å²) in [6, 6.07) is 7.70. The first-order valence-electron chi connectivity index (χ1n) is 5.56. The normalized spacial score (nSPS) is 14.7. The van der Waals surface area contributed by atoms with Crippen molar-refractivity contribution in [2.24, 2.45) is 0 Å². The Kier molecular flexibility index (Phi) is 4.15. The summed E-state index contributed by atoms with van der Waals surface area (Å²) in [5, 5.41) is 10.2. The average molecular weight is 208 g/mol. The van der Waals surface area contributed by atoms with Crippen molar-refractivity contribution >= 4 is 0 Å². The Morgan fingerprint density at radius 3 is 2.53 bits per heavy atom. The summed E-state index contributed by atoms with van der Waals surface area (Å²) in [6.45, 7) is 6.55. The maximum Gasteiger partial charge on any atom is 0.125 e. The fraction of sp³-hybridized carbons (Fsp3) is 0.538. The van der Waals surface area contributed by atoms with Crippen LogP contribution in [0.4, 0.5) is 0 Å². The Hall–Kier alpha value is -1.02. The van der Waals surface area contributed by atoms with Crippen molar-refractivity contribution in [2.45, 2.75) is 39.2 Å². The smallest absolute Gasteiger partial charge is 0.125 e. The minimum Gasteiger partial charge on any atom is -0.493 e. The molecule has 15 heavy (non-hydrogen) atoms. The zero-order chi connectivity index (χ0) is 11.3. The lowest BCUT2D eigenvalue weighted by Gasteiger charge is -2.24. The molecule has 84 valence electrons. The lowest BCUT2D eigenvalue weighted by Crippen LogP contribution is -2.20. The molecular formula is C13H20O2. The van der Waals surface area contributed by atoms with Gasteiger partial charge in [0.05, 0.1) is 12.2 Å². The highest BCUT2D eigenvalue weighted by atomic mass is 16.5. The molecule has 0 aliphatic carbocycles. The summed E-state index contributed by atoms with van der Waals surface area (Å²) in [4.78, 5) is 0. The quantitative estimate of drug-likeness (QED) is 0.805. The molecule has 1 aromatic rings. The molecule has 1 aromatic carbocycles. The molecule has 1 rings (SSSR count). The van der Waals surface area contributed by atoms with E-state index in [0.717, 1.165) is 17.7 Å².